The third-order valence-electron chi connectivity index (χ3n) is 4.98. The number of benzene rings is 1. The van der Waals surface area contributed by atoms with Gasteiger partial charge in [-0.25, -0.2) is 0 Å². The van der Waals surface area contributed by atoms with Crippen molar-refractivity contribution < 1.29 is 18.0 Å². The molecule has 0 radical (unpaired) electrons. The van der Waals surface area contributed by atoms with Gasteiger partial charge >= 0.3 is 6.18 Å². The topological polar surface area (TPSA) is 64.7 Å². The summed E-state index contributed by atoms with van der Waals surface area (Å²) in [5, 5.41) is 10.9. The summed E-state index contributed by atoms with van der Waals surface area (Å²) in [6, 6.07) is 7.34. The van der Waals surface area contributed by atoms with Crippen LogP contribution in [0.3, 0.4) is 0 Å². The highest BCUT2D eigenvalue weighted by Gasteiger charge is 2.42. The van der Waals surface area contributed by atoms with Gasteiger partial charge in [0.15, 0.2) is 11.5 Å². The molecule has 2 aromatic heterocycles. The van der Waals surface area contributed by atoms with Gasteiger partial charge < -0.3 is 5.32 Å². The Morgan fingerprint density at radius 1 is 1.22 bits per heavy atom. The van der Waals surface area contributed by atoms with Gasteiger partial charge in [0, 0.05) is 23.6 Å². The fourth-order valence-electron chi connectivity index (χ4n) is 3.32. The summed E-state index contributed by atoms with van der Waals surface area (Å²) in [5.74, 6) is -0.154. The monoisotopic (exact) mass is 549 g/mol. The van der Waals surface area contributed by atoms with Crippen LogP contribution < -0.4 is 5.32 Å². The van der Waals surface area contributed by atoms with Crippen LogP contribution in [-0.4, -0.2) is 25.5 Å². The van der Waals surface area contributed by atoms with E-state index in [0.717, 1.165) is 18.4 Å². The maximum absolute atomic E-state index is 13.2. The van der Waals surface area contributed by atoms with Crippen LogP contribution in [0.15, 0.2) is 34.9 Å². The van der Waals surface area contributed by atoms with Crippen LogP contribution >= 0.6 is 39.1 Å². The highest BCUT2D eigenvalue weighted by Crippen LogP contribution is 2.46. The standard InChI is InChI=1S/C20H17BrCl2F3N5O/c21-13-10-30(9-12-3-1-2-4-14(12)22)29-19(13)27-15(32)7-8-31-17(11-5-6-11)16(23)18(28-31)20(24,25)26/h1-4,10-11H,5-9H2,(H,27,29,32). The lowest BCUT2D eigenvalue weighted by Crippen LogP contribution is -2.17. The highest BCUT2D eigenvalue weighted by molar-refractivity contribution is 9.10. The van der Waals surface area contributed by atoms with Crippen LogP contribution in [0.5, 0.6) is 0 Å². The van der Waals surface area contributed by atoms with E-state index in [1.54, 1.807) is 16.9 Å². The molecule has 0 bridgehead atoms. The van der Waals surface area contributed by atoms with Crippen LogP contribution in [0.2, 0.25) is 10.0 Å². The molecule has 1 aliphatic rings. The van der Waals surface area contributed by atoms with E-state index in [1.165, 1.54) is 4.68 Å². The van der Waals surface area contributed by atoms with E-state index < -0.39 is 17.8 Å². The number of anilines is 1. The van der Waals surface area contributed by atoms with Gasteiger partial charge in [-0.1, -0.05) is 41.4 Å². The number of amides is 1. The van der Waals surface area contributed by atoms with Crippen molar-refractivity contribution in [2.75, 3.05) is 5.32 Å². The molecule has 4 rings (SSSR count). The van der Waals surface area contributed by atoms with Crippen molar-refractivity contribution in [3.63, 3.8) is 0 Å². The first-order valence-corrected chi connectivity index (χ1v) is 11.3. The Balaban J connectivity index is 1.42. The lowest BCUT2D eigenvalue weighted by Gasteiger charge is -2.07. The largest absolute Gasteiger partial charge is 0.436 e. The van der Waals surface area contributed by atoms with E-state index in [-0.39, 0.29) is 23.9 Å². The molecule has 0 atom stereocenters. The van der Waals surface area contributed by atoms with Crippen LogP contribution in [-0.2, 0) is 24.1 Å². The zero-order valence-corrected chi connectivity index (χ0v) is 19.6. The Labute approximate surface area is 199 Å². The Hall–Kier alpha value is -2.04. The van der Waals surface area contributed by atoms with E-state index >= 15 is 0 Å². The van der Waals surface area contributed by atoms with Crippen molar-refractivity contribution in [2.24, 2.45) is 0 Å². The van der Waals surface area contributed by atoms with Crippen molar-refractivity contribution in [1.82, 2.24) is 19.6 Å². The van der Waals surface area contributed by atoms with Crippen molar-refractivity contribution in [1.29, 1.82) is 0 Å². The zero-order valence-electron chi connectivity index (χ0n) is 16.5. The Morgan fingerprint density at radius 2 is 1.94 bits per heavy atom. The van der Waals surface area contributed by atoms with E-state index in [0.29, 0.717) is 27.6 Å². The van der Waals surface area contributed by atoms with Crippen LogP contribution in [0.25, 0.3) is 0 Å². The molecule has 3 aromatic rings. The summed E-state index contributed by atoms with van der Waals surface area (Å²) in [6.07, 6.45) is -1.52. The molecule has 1 amide bonds. The number of alkyl halides is 3. The van der Waals surface area contributed by atoms with Crippen molar-refractivity contribution in [3.05, 3.63) is 61.9 Å². The second-order valence-corrected chi connectivity index (χ2v) is 9.10. The maximum Gasteiger partial charge on any atom is 0.436 e. The number of carbonyl (C=O) groups is 1. The summed E-state index contributed by atoms with van der Waals surface area (Å²) in [4.78, 5) is 12.4. The molecule has 0 spiro atoms. The molecule has 1 fully saturated rings. The first kappa shape index (κ1) is 23.1. The minimum Gasteiger partial charge on any atom is -0.308 e. The minimum absolute atomic E-state index is 0.0224. The molecular weight excluding hydrogens is 534 g/mol. The van der Waals surface area contributed by atoms with Crippen molar-refractivity contribution in [2.45, 2.75) is 44.4 Å². The Kier molecular flexibility index (Phi) is 6.56. The minimum atomic E-state index is -4.65. The van der Waals surface area contributed by atoms with Crippen molar-refractivity contribution >= 4 is 50.9 Å². The van der Waals surface area contributed by atoms with Gasteiger partial charge in [0.2, 0.25) is 5.91 Å². The molecule has 12 heteroatoms. The third kappa shape index (κ3) is 5.13. The molecule has 1 aliphatic carbocycles. The predicted octanol–water partition coefficient (Wildman–Crippen LogP) is 6.12. The molecule has 0 unspecified atom stereocenters. The fraction of sp³-hybridized carbons (Fsp3) is 0.350. The van der Waals surface area contributed by atoms with E-state index in [1.807, 2.05) is 18.2 Å². The number of nitrogens with one attached hydrogen (secondary N) is 1. The van der Waals surface area contributed by atoms with Gasteiger partial charge in [0.1, 0.15) is 0 Å². The number of carbonyl (C=O) groups excluding carboxylic acids is 1. The number of rotatable bonds is 7. The number of hydrogen-bond acceptors (Lipinski definition) is 3. The SMILES string of the molecule is O=C(CCn1nc(C(F)(F)F)c(Cl)c1C1CC1)Nc1nn(Cc2ccccc2Cl)cc1Br. The zero-order chi connectivity index (χ0) is 23.0. The maximum atomic E-state index is 13.2. The molecular formula is C20H17BrCl2F3N5O. The first-order valence-electron chi connectivity index (χ1n) is 9.73. The first-order chi connectivity index (χ1) is 15.1. The quantitative estimate of drug-likeness (QED) is 0.385. The smallest absolute Gasteiger partial charge is 0.308 e. The summed E-state index contributed by atoms with van der Waals surface area (Å²) in [6.45, 7) is 0.385. The van der Waals surface area contributed by atoms with Gasteiger partial charge in [-0.15, -0.1) is 0 Å². The third-order valence-corrected chi connectivity index (χ3v) is 6.30. The molecule has 0 saturated heterocycles. The normalized spacial score (nSPS) is 14.1. The fourth-order valence-corrected chi connectivity index (χ4v) is 4.32. The molecule has 1 aromatic carbocycles. The van der Waals surface area contributed by atoms with E-state index in [4.69, 9.17) is 23.2 Å². The number of nitrogens with zero attached hydrogens (tertiary/aromatic N) is 4. The van der Waals surface area contributed by atoms with Gasteiger partial charge in [-0.05, 0) is 40.4 Å². The second-order valence-electron chi connectivity index (χ2n) is 7.46. The Bertz CT molecular complexity index is 1160. The summed E-state index contributed by atoms with van der Waals surface area (Å²) in [5.41, 5.74) is 0.102. The molecule has 6 nitrogen and oxygen atoms in total. The second kappa shape index (κ2) is 9.07. The van der Waals surface area contributed by atoms with Gasteiger partial charge in [-0.3, -0.25) is 14.2 Å². The number of aryl methyl sites for hydroxylation is 1. The summed E-state index contributed by atoms with van der Waals surface area (Å²) < 4.78 is 42.9. The molecule has 1 saturated carbocycles. The Morgan fingerprint density at radius 3 is 2.59 bits per heavy atom. The summed E-state index contributed by atoms with van der Waals surface area (Å²) >= 11 is 15.5. The molecule has 2 heterocycles. The van der Waals surface area contributed by atoms with Gasteiger partial charge in [-0.2, -0.15) is 23.4 Å². The average Bonchev–Trinajstić information content (AvgIpc) is 3.40. The average molecular weight is 551 g/mol. The molecule has 32 heavy (non-hydrogen) atoms. The molecule has 1 N–H and O–H groups in total. The predicted molar refractivity (Wildman–Crippen MR) is 118 cm³/mol. The summed E-state index contributed by atoms with van der Waals surface area (Å²) in [7, 11) is 0. The number of halogens is 6. The van der Waals surface area contributed by atoms with Crippen LogP contribution in [0.1, 0.15) is 42.1 Å². The number of aromatic nitrogens is 4. The van der Waals surface area contributed by atoms with Crippen LogP contribution in [0.4, 0.5) is 19.0 Å². The van der Waals surface area contributed by atoms with Crippen LogP contribution in [0, 0.1) is 0 Å². The molecule has 0 aliphatic heterocycles. The molecule has 170 valence electrons. The van der Waals surface area contributed by atoms with Crippen molar-refractivity contribution in [3.8, 4) is 0 Å². The lowest BCUT2D eigenvalue weighted by atomic mass is 10.2. The van der Waals surface area contributed by atoms with E-state index in [2.05, 4.69) is 31.4 Å². The van der Waals surface area contributed by atoms with Gasteiger partial charge in [0.25, 0.3) is 0 Å². The number of hydrogen-bond donors (Lipinski definition) is 1. The lowest BCUT2D eigenvalue weighted by molar-refractivity contribution is -0.141. The highest BCUT2D eigenvalue weighted by atomic mass is 79.9. The van der Waals surface area contributed by atoms with E-state index in [9.17, 15) is 18.0 Å². The van der Waals surface area contributed by atoms with Gasteiger partial charge in [0.05, 0.1) is 28.3 Å².